The summed E-state index contributed by atoms with van der Waals surface area (Å²) in [4.78, 5) is 13.3. The summed E-state index contributed by atoms with van der Waals surface area (Å²) >= 11 is 0. The van der Waals surface area contributed by atoms with Gasteiger partial charge in [-0.05, 0) is 45.7 Å². The van der Waals surface area contributed by atoms with Crippen molar-refractivity contribution in [2.24, 2.45) is 0 Å². The summed E-state index contributed by atoms with van der Waals surface area (Å²) in [6, 6.07) is 27.3. The number of benzene rings is 3. The van der Waals surface area contributed by atoms with Crippen molar-refractivity contribution >= 4 is 11.9 Å². The highest BCUT2D eigenvalue weighted by Gasteiger charge is 2.35. The zero-order chi connectivity index (χ0) is 21.9. The Morgan fingerprint density at radius 1 is 0.969 bits per heavy atom. The second-order valence-electron chi connectivity index (χ2n) is 7.57. The topological polar surface area (TPSA) is 81.9 Å². The van der Waals surface area contributed by atoms with Crippen LogP contribution in [0, 0.1) is 0 Å². The van der Waals surface area contributed by atoms with Crippen LogP contribution in [0.4, 0.5) is 5.95 Å². The second kappa shape index (κ2) is 8.47. The Kier molecular flexibility index (Phi) is 5.21. The number of fused-ring (bicyclic) bond motifs is 1. The highest BCUT2D eigenvalue weighted by molar-refractivity contribution is 5.92. The Bertz CT molecular complexity index is 1280. The van der Waals surface area contributed by atoms with Gasteiger partial charge in [0.1, 0.15) is 12.6 Å². The Hall–Kier alpha value is -4.26. The molecule has 7 heteroatoms. The molecule has 0 saturated carbocycles. The number of hydrogen-bond donors (Lipinski definition) is 1. The van der Waals surface area contributed by atoms with Crippen LogP contribution in [0.25, 0.3) is 11.1 Å². The number of hydrogen-bond acceptors (Lipinski definition) is 6. The molecule has 0 fully saturated rings. The molecule has 0 bridgehead atoms. The molecular weight excluding hydrogens is 402 g/mol. The van der Waals surface area contributed by atoms with Crippen LogP contribution in [0.1, 0.15) is 24.1 Å². The number of aromatic nitrogens is 4. The number of carbonyl (C=O) groups is 1. The maximum absolute atomic E-state index is 13.3. The first-order chi connectivity index (χ1) is 15.7. The normalized spacial score (nSPS) is 15.1. The van der Waals surface area contributed by atoms with E-state index < -0.39 is 12.0 Å². The van der Waals surface area contributed by atoms with E-state index in [-0.39, 0.29) is 6.61 Å². The smallest absolute Gasteiger partial charge is 0.338 e. The number of anilines is 1. The van der Waals surface area contributed by atoms with E-state index in [1.807, 2.05) is 73.7 Å². The zero-order valence-corrected chi connectivity index (χ0v) is 17.5. The highest BCUT2D eigenvalue weighted by atomic mass is 16.5. The van der Waals surface area contributed by atoms with Crippen LogP contribution in [0.3, 0.4) is 0 Å². The molecule has 158 valence electrons. The third kappa shape index (κ3) is 3.76. The summed E-state index contributed by atoms with van der Waals surface area (Å²) in [6.45, 7) is 2.03. The zero-order valence-electron chi connectivity index (χ0n) is 17.5. The van der Waals surface area contributed by atoms with Gasteiger partial charge in [-0.15, -0.1) is 0 Å². The van der Waals surface area contributed by atoms with E-state index in [0.717, 1.165) is 22.3 Å². The van der Waals surface area contributed by atoms with Crippen LogP contribution in [0.2, 0.25) is 0 Å². The molecule has 1 N–H and O–H groups in total. The molecule has 32 heavy (non-hydrogen) atoms. The molecule has 1 aliphatic heterocycles. The summed E-state index contributed by atoms with van der Waals surface area (Å²) in [6.07, 6.45) is 0. The minimum Gasteiger partial charge on any atom is -0.457 e. The summed E-state index contributed by atoms with van der Waals surface area (Å²) < 4.78 is 7.30. The van der Waals surface area contributed by atoms with Gasteiger partial charge in [-0.2, -0.15) is 4.68 Å². The molecule has 0 spiro atoms. The maximum Gasteiger partial charge on any atom is 0.338 e. The van der Waals surface area contributed by atoms with Gasteiger partial charge in [0.25, 0.3) is 0 Å². The number of allylic oxidation sites excluding steroid dienone is 1. The van der Waals surface area contributed by atoms with Crippen molar-refractivity contribution in [1.82, 2.24) is 20.2 Å². The molecule has 2 heterocycles. The number of tetrazole rings is 1. The molecule has 7 nitrogen and oxygen atoms in total. The Labute approximate surface area is 185 Å². The van der Waals surface area contributed by atoms with Gasteiger partial charge in [-0.3, -0.25) is 0 Å². The van der Waals surface area contributed by atoms with Gasteiger partial charge < -0.3 is 10.1 Å². The monoisotopic (exact) mass is 423 g/mol. The van der Waals surface area contributed by atoms with Gasteiger partial charge in [0.05, 0.1) is 5.57 Å². The third-order valence-electron chi connectivity index (χ3n) is 5.46. The van der Waals surface area contributed by atoms with E-state index in [4.69, 9.17) is 4.74 Å². The lowest BCUT2D eigenvalue weighted by Crippen LogP contribution is -2.29. The van der Waals surface area contributed by atoms with E-state index in [0.29, 0.717) is 17.2 Å². The number of esters is 1. The van der Waals surface area contributed by atoms with Crippen molar-refractivity contribution < 1.29 is 9.53 Å². The molecule has 1 unspecified atom stereocenters. The second-order valence-corrected chi connectivity index (χ2v) is 7.57. The van der Waals surface area contributed by atoms with Gasteiger partial charge in [0.2, 0.25) is 5.95 Å². The Morgan fingerprint density at radius 3 is 2.47 bits per heavy atom. The van der Waals surface area contributed by atoms with Crippen LogP contribution in [-0.2, 0) is 16.1 Å². The lowest BCUT2D eigenvalue weighted by Gasteiger charge is -2.27. The molecule has 0 amide bonds. The first kappa shape index (κ1) is 19.7. The summed E-state index contributed by atoms with van der Waals surface area (Å²) in [5, 5.41) is 15.1. The van der Waals surface area contributed by atoms with Crippen molar-refractivity contribution in [3.05, 3.63) is 107 Å². The molecule has 3 aromatic carbocycles. The minimum absolute atomic E-state index is 0.190. The molecule has 0 saturated heterocycles. The van der Waals surface area contributed by atoms with E-state index in [9.17, 15) is 4.79 Å². The summed E-state index contributed by atoms with van der Waals surface area (Å²) in [5.74, 6) is 0.0762. The standard InChI is InChI=1S/C25H21N5O2/c1-17-22(24(31)32-16-18-9-4-2-5-10-18)23(30-25(26-17)27-28-29-30)21-14-8-13-20(15-21)19-11-6-3-7-12-19/h2-15,23H,16H2,1H3,(H,26,27,29). The average Bonchev–Trinajstić information content (AvgIpc) is 3.31. The summed E-state index contributed by atoms with van der Waals surface area (Å²) in [7, 11) is 0. The van der Waals surface area contributed by atoms with Crippen molar-refractivity contribution in [3.8, 4) is 11.1 Å². The number of nitrogens with one attached hydrogen (secondary N) is 1. The average molecular weight is 423 g/mol. The quantitative estimate of drug-likeness (QED) is 0.480. The molecule has 4 aromatic rings. The molecule has 0 aliphatic carbocycles. The van der Waals surface area contributed by atoms with E-state index in [1.54, 1.807) is 4.68 Å². The molecule has 1 atom stereocenters. The Balaban J connectivity index is 1.52. The molecular formula is C25H21N5O2. The van der Waals surface area contributed by atoms with Crippen molar-refractivity contribution in [3.63, 3.8) is 0 Å². The van der Waals surface area contributed by atoms with Crippen LogP contribution >= 0.6 is 0 Å². The van der Waals surface area contributed by atoms with Crippen molar-refractivity contribution in [1.29, 1.82) is 0 Å². The van der Waals surface area contributed by atoms with Gasteiger partial charge >= 0.3 is 5.97 Å². The van der Waals surface area contributed by atoms with Gasteiger partial charge in [0, 0.05) is 5.70 Å². The predicted octanol–water partition coefficient (Wildman–Crippen LogP) is 4.37. The fraction of sp³-hybridized carbons (Fsp3) is 0.120. The first-order valence-electron chi connectivity index (χ1n) is 10.3. The van der Waals surface area contributed by atoms with Gasteiger partial charge in [-0.25, -0.2) is 4.79 Å². The molecule has 1 aliphatic rings. The lowest BCUT2D eigenvalue weighted by molar-refractivity contribution is -0.140. The highest BCUT2D eigenvalue weighted by Crippen LogP contribution is 2.36. The maximum atomic E-state index is 13.3. The van der Waals surface area contributed by atoms with E-state index in [1.165, 1.54) is 0 Å². The number of carbonyl (C=O) groups excluding carboxylic acids is 1. The van der Waals surface area contributed by atoms with Crippen LogP contribution < -0.4 is 5.32 Å². The third-order valence-corrected chi connectivity index (χ3v) is 5.46. The lowest BCUT2D eigenvalue weighted by atomic mass is 9.93. The van der Waals surface area contributed by atoms with E-state index in [2.05, 4.69) is 39.0 Å². The molecule has 0 radical (unpaired) electrons. The minimum atomic E-state index is -0.506. The summed E-state index contributed by atoms with van der Waals surface area (Å²) in [5.41, 5.74) is 5.10. The van der Waals surface area contributed by atoms with Gasteiger partial charge in [-0.1, -0.05) is 84.0 Å². The number of nitrogens with zero attached hydrogens (tertiary/aromatic N) is 4. The number of ether oxygens (including phenoxy) is 1. The van der Waals surface area contributed by atoms with Crippen LogP contribution in [0.15, 0.2) is 96.2 Å². The predicted molar refractivity (Wildman–Crippen MR) is 120 cm³/mol. The van der Waals surface area contributed by atoms with Crippen molar-refractivity contribution in [2.75, 3.05) is 5.32 Å². The van der Waals surface area contributed by atoms with Gasteiger partial charge in [0.15, 0.2) is 0 Å². The SMILES string of the molecule is CC1=C(C(=O)OCc2ccccc2)C(c2cccc(-c3ccccc3)c2)n2nnnc2N1. The fourth-order valence-corrected chi connectivity index (χ4v) is 3.90. The van der Waals surface area contributed by atoms with Crippen LogP contribution in [-0.4, -0.2) is 26.2 Å². The fourth-order valence-electron chi connectivity index (χ4n) is 3.90. The van der Waals surface area contributed by atoms with Crippen molar-refractivity contribution in [2.45, 2.75) is 19.6 Å². The Morgan fingerprint density at radius 2 is 1.69 bits per heavy atom. The molecule has 1 aromatic heterocycles. The van der Waals surface area contributed by atoms with Crippen LogP contribution in [0.5, 0.6) is 0 Å². The first-order valence-corrected chi connectivity index (χ1v) is 10.3. The van der Waals surface area contributed by atoms with E-state index >= 15 is 0 Å². The largest absolute Gasteiger partial charge is 0.457 e. The molecule has 5 rings (SSSR count). The number of rotatable bonds is 5.